The average molecular weight is 335 g/mol. The summed E-state index contributed by atoms with van der Waals surface area (Å²) >= 11 is 0. The number of hydrogen-bond acceptors (Lipinski definition) is 3. The van der Waals surface area contributed by atoms with Gasteiger partial charge in [-0.15, -0.1) is 0 Å². The summed E-state index contributed by atoms with van der Waals surface area (Å²) < 4.78 is 0. The maximum Gasteiger partial charge on any atom is 0.255 e. The van der Waals surface area contributed by atoms with Crippen LogP contribution in [0.15, 0.2) is 48.5 Å². The van der Waals surface area contributed by atoms with Gasteiger partial charge in [-0.1, -0.05) is 25.5 Å². The number of carbonyl (C=O) groups excluding carboxylic acids is 2. The van der Waals surface area contributed by atoms with Crippen molar-refractivity contribution < 1.29 is 9.59 Å². The number of anilines is 1. The number of nitrogens with zero attached hydrogens (tertiary/aromatic N) is 2. The number of rotatable bonds is 6. The molecule has 0 fully saturated rings. The Kier molecular flexibility index (Phi) is 6.30. The molecule has 0 atom stereocenters. The topological polar surface area (TPSA) is 73.2 Å². The molecule has 2 aromatic rings. The zero-order valence-corrected chi connectivity index (χ0v) is 14.5. The lowest BCUT2D eigenvalue weighted by atomic mass is 10.1. The van der Waals surface area contributed by atoms with Crippen molar-refractivity contribution in [1.29, 1.82) is 5.26 Å². The number of carbonyl (C=O) groups is 2. The molecule has 128 valence electrons. The summed E-state index contributed by atoms with van der Waals surface area (Å²) in [7, 11) is 1.78. The Labute approximate surface area is 147 Å². The van der Waals surface area contributed by atoms with Crippen molar-refractivity contribution in [2.24, 2.45) is 0 Å². The van der Waals surface area contributed by atoms with Gasteiger partial charge in [0.05, 0.1) is 11.3 Å². The highest BCUT2D eigenvalue weighted by molar-refractivity contribution is 6.05. The molecule has 0 spiro atoms. The molecule has 0 saturated carbocycles. The van der Waals surface area contributed by atoms with E-state index in [1.54, 1.807) is 60.5 Å². The second-order valence-corrected chi connectivity index (χ2v) is 5.77. The Balaban J connectivity index is 2.08. The Hall–Kier alpha value is -3.13. The summed E-state index contributed by atoms with van der Waals surface area (Å²) in [5.41, 5.74) is 1.85. The number of nitriles is 1. The molecule has 2 aromatic carbocycles. The fourth-order valence-electron chi connectivity index (χ4n) is 2.37. The largest absolute Gasteiger partial charge is 0.342 e. The van der Waals surface area contributed by atoms with E-state index >= 15 is 0 Å². The zero-order chi connectivity index (χ0) is 18.2. The minimum Gasteiger partial charge on any atom is -0.342 e. The molecule has 0 aromatic heterocycles. The minimum absolute atomic E-state index is 0.0600. The van der Waals surface area contributed by atoms with Gasteiger partial charge in [0.1, 0.15) is 6.07 Å². The van der Waals surface area contributed by atoms with Gasteiger partial charge in [-0.2, -0.15) is 5.26 Å². The van der Waals surface area contributed by atoms with Gasteiger partial charge in [0.25, 0.3) is 11.8 Å². The van der Waals surface area contributed by atoms with Crippen LogP contribution >= 0.6 is 0 Å². The Bertz CT molecular complexity index is 791. The van der Waals surface area contributed by atoms with Crippen LogP contribution in [0.4, 0.5) is 5.69 Å². The highest BCUT2D eigenvalue weighted by Gasteiger charge is 2.13. The van der Waals surface area contributed by atoms with Crippen LogP contribution in [0.5, 0.6) is 0 Å². The van der Waals surface area contributed by atoms with E-state index in [0.29, 0.717) is 28.9 Å². The van der Waals surface area contributed by atoms with Crippen molar-refractivity contribution in [3.05, 3.63) is 65.2 Å². The predicted octanol–water partition coefficient (Wildman–Crippen LogP) is 3.68. The molecule has 0 bridgehead atoms. The number of para-hydroxylation sites is 1. The summed E-state index contributed by atoms with van der Waals surface area (Å²) in [5, 5.41) is 11.8. The molecule has 0 radical (unpaired) electrons. The van der Waals surface area contributed by atoms with Gasteiger partial charge >= 0.3 is 0 Å². The first-order chi connectivity index (χ1) is 12.1. The van der Waals surface area contributed by atoms with Gasteiger partial charge in [-0.05, 0) is 42.8 Å². The molecule has 0 saturated heterocycles. The van der Waals surface area contributed by atoms with Gasteiger partial charge < -0.3 is 10.2 Å². The van der Waals surface area contributed by atoms with E-state index in [1.165, 1.54) is 0 Å². The van der Waals surface area contributed by atoms with E-state index in [9.17, 15) is 9.59 Å². The Morgan fingerprint density at radius 2 is 1.72 bits per heavy atom. The van der Waals surface area contributed by atoms with E-state index in [2.05, 4.69) is 12.2 Å². The first kappa shape index (κ1) is 18.2. The van der Waals surface area contributed by atoms with E-state index in [-0.39, 0.29) is 11.8 Å². The summed E-state index contributed by atoms with van der Waals surface area (Å²) in [6.45, 7) is 2.79. The molecule has 25 heavy (non-hydrogen) atoms. The lowest BCUT2D eigenvalue weighted by molar-refractivity contribution is 0.0792. The Morgan fingerprint density at radius 3 is 2.36 bits per heavy atom. The fourth-order valence-corrected chi connectivity index (χ4v) is 2.37. The first-order valence-corrected chi connectivity index (χ1v) is 8.22. The van der Waals surface area contributed by atoms with Crippen molar-refractivity contribution in [1.82, 2.24) is 4.90 Å². The third-order valence-electron chi connectivity index (χ3n) is 3.88. The first-order valence-electron chi connectivity index (χ1n) is 8.22. The molecule has 2 amide bonds. The van der Waals surface area contributed by atoms with Crippen LogP contribution in [0.25, 0.3) is 0 Å². The number of nitrogens with one attached hydrogen (secondary N) is 1. The molecule has 0 aliphatic heterocycles. The van der Waals surface area contributed by atoms with Crippen LogP contribution in [-0.4, -0.2) is 30.3 Å². The second-order valence-electron chi connectivity index (χ2n) is 5.77. The van der Waals surface area contributed by atoms with Gasteiger partial charge in [-0.3, -0.25) is 9.59 Å². The Morgan fingerprint density at radius 1 is 1.08 bits per heavy atom. The van der Waals surface area contributed by atoms with Crippen LogP contribution in [0, 0.1) is 11.3 Å². The van der Waals surface area contributed by atoms with Crippen LogP contribution in [0.2, 0.25) is 0 Å². The molecule has 0 aliphatic rings. The fraction of sp³-hybridized carbons (Fsp3) is 0.250. The molecule has 1 N–H and O–H groups in total. The lowest BCUT2D eigenvalue weighted by Gasteiger charge is -2.16. The molecule has 0 unspecified atom stereocenters. The highest BCUT2D eigenvalue weighted by atomic mass is 16.2. The monoisotopic (exact) mass is 335 g/mol. The summed E-state index contributed by atoms with van der Waals surface area (Å²) in [5.74, 6) is -0.378. The molecule has 2 rings (SSSR count). The molecule has 0 heterocycles. The van der Waals surface area contributed by atoms with E-state index in [0.717, 1.165) is 12.8 Å². The maximum atomic E-state index is 12.3. The third kappa shape index (κ3) is 4.67. The summed E-state index contributed by atoms with van der Waals surface area (Å²) in [6.07, 6.45) is 1.99. The van der Waals surface area contributed by atoms with Gasteiger partial charge in [0.15, 0.2) is 0 Å². The quantitative estimate of drug-likeness (QED) is 0.875. The van der Waals surface area contributed by atoms with Crippen molar-refractivity contribution >= 4 is 17.5 Å². The van der Waals surface area contributed by atoms with E-state index in [4.69, 9.17) is 5.26 Å². The number of unbranched alkanes of at least 4 members (excludes halogenated alkanes) is 1. The predicted molar refractivity (Wildman–Crippen MR) is 97.4 cm³/mol. The number of hydrogen-bond donors (Lipinski definition) is 1. The van der Waals surface area contributed by atoms with Crippen molar-refractivity contribution in [3.8, 4) is 6.07 Å². The normalized spacial score (nSPS) is 9.96. The smallest absolute Gasteiger partial charge is 0.255 e. The van der Waals surface area contributed by atoms with Crippen LogP contribution in [-0.2, 0) is 0 Å². The number of benzene rings is 2. The molecular formula is C20H21N3O2. The molecular weight excluding hydrogens is 314 g/mol. The maximum absolute atomic E-state index is 12.3. The van der Waals surface area contributed by atoms with Gasteiger partial charge in [0.2, 0.25) is 0 Å². The highest BCUT2D eigenvalue weighted by Crippen LogP contribution is 2.15. The van der Waals surface area contributed by atoms with Crippen LogP contribution in [0.1, 0.15) is 46.0 Å². The molecule has 5 nitrogen and oxygen atoms in total. The lowest BCUT2D eigenvalue weighted by Crippen LogP contribution is -2.27. The molecule has 0 aliphatic carbocycles. The van der Waals surface area contributed by atoms with Crippen molar-refractivity contribution in [3.63, 3.8) is 0 Å². The van der Waals surface area contributed by atoms with Crippen LogP contribution in [0.3, 0.4) is 0 Å². The van der Waals surface area contributed by atoms with E-state index < -0.39 is 0 Å². The van der Waals surface area contributed by atoms with E-state index in [1.807, 2.05) is 6.07 Å². The third-order valence-corrected chi connectivity index (χ3v) is 3.88. The standard InChI is InChI=1S/C20H21N3O2/c1-3-4-13-23(2)20(25)16-11-9-15(10-12-16)19(24)22-18-8-6-5-7-17(18)14-21/h5-12H,3-4,13H2,1-2H3,(H,22,24). The summed E-state index contributed by atoms with van der Waals surface area (Å²) in [6, 6.07) is 15.4. The van der Waals surface area contributed by atoms with Gasteiger partial charge in [-0.25, -0.2) is 0 Å². The summed E-state index contributed by atoms with van der Waals surface area (Å²) in [4.78, 5) is 26.3. The average Bonchev–Trinajstić information content (AvgIpc) is 2.66. The van der Waals surface area contributed by atoms with Gasteiger partial charge in [0, 0.05) is 24.7 Å². The number of amides is 2. The SMILES string of the molecule is CCCCN(C)C(=O)c1ccc(C(=O)Nc2ccccc2C#N)cc1. The zero-order valence-electron chi connectivity index (χ0n) is 14.5. The van der Waals surface area contributed by atoms with Crippen molar-refractivity contribution in [2.75, 3.05) is 18.9 Å². The second kappa shape index (κ2) is 8.65. The minimum atomic E-state index is -0.318. The van der Waals surface area contributed by atoms with Crippen LogP contribution < -0.4 is 5.32 Å². The molecule has 5 heteroatoms. The van der Waals surface area contributed by atoms with Crippen molar-refractivity contribution in [2.45, 2.75) is 19.8 Å².